The highest BCUT2D eigenvalue weighted by atomic mass is 32.2. The van der Waals surface area contributed by atoms with Gasteiger partial charge >= 0.3 is 5.97 Å². The standard InChI is InChI=1S/C27H30N4O3S/c1-17-7-6-8-20(13-17)24-23(25(33)34-27(3,4)5)18(2)30-26-31(24)21(16-35-26)14-22(32)29-15-19-9-11-28-12-10-19/h6-13,16,24H,14-15H2,1-5H3,(H,29,32). The van der Waals surface area contributed by atoms with E-state index in [0.717, 1.165) is 27.6 Å². The lowest BCUT2D eigenvalue weighted by Crippen LogP contribution is -2.39. The Kier molecular flexibility index (Phi) is 7.12. The average molecular weight is 491 g/mol. The first-order valence-electron chi connectivity index (χ1n) is 11.5. The molecule has 2 aromatic rings. The maximum absolute atomic E-state index is 13.4. The van der Waals surface area contributed by atoms with E-state index in [1.807, 2.05) is 75.3 Å². The summed E-state index contributed by atoms with van der Waals surface area (Å²) in [5, 5.41) is 5.66. The number of fused-ring (bicyclic) bond motifs is 1. The SMILES string of the molecule is CC1=C(C(=O)OC(C)(C)C)C(c2cccc(C)c2)N2C(CC(=O)NCc3ccncc3)=CSC2=N1. The van der Waals surface area contributed by atoms with E-state index in [2.05, 4.69) is 16.4 Å². The number of ether oxygens (including phenoxy) is 1. The fourth-order valence-corrected chi connectivity index (χ4v) is 5.01. The second-order valence-electron chi connectivity index (χ2n) is 9.62. The number of amidine groups is 1. The fourth-order valence-electron chi connectivity index (χ4n) is 4.05. The summed E-state index contributed by atoms with van der Waals surface area (Å²) in [6, 6.07) is 11.4. The van der Waals surface area contributed by atoms with Gasteiger partial charge in [0.2, 0.25) is 5.91 Å². The Labute approximate surface area is 210 Å². The maximum Gasteiger partial charge on any atom is 0.338 e. The Bertz CT molecular complexity index is 1230. The molecule has 0 aliphatic carbocycles. The predicted octanol–water partition coefficient (Wildman–Crippen LogP) is 5.01. The summed E-state index contributed by atoms with van der Waals surface area (Å²) >= 11 is 1.46. The number of hydrogen-bond acceptors (Lipinski definition) is 7. The topological polar surface area (TPSA) is 83.9 Å². The van der Waals surface area contributed by atoms with Crippen molar-refractivity contribution in [3.8, 4) is 0 Å². The van der Waals surface area contributed by atoms with Gasteiger partial charge in [0, 0.05) is 24.6 Å². The number of aromatic nitrogens is 1. The molecule has 8 heteroatoms. The third-order valence-electron chi connectivity index (χ3n) is 5.56. The molecule has 0 bridgehead atoms. The van der Waals surface area contributed by atoms with Crippen LogP contribution in [-0.4, -0.2) is 32.5 Å². The van der Waals surface area contributed by atoms with Gasteiger partial charge in [-0.3, -0.25) is 9.78 Å². The molecule has 1 aromatic heterocycles. The van der Waals surface area contributed by atoms with Crippen LogP contribution in [-0.2, 0) is 20.9 Å². The van der Waals surface area contributed by atoms with Gasteiger partial charge in [0.15, 0.2) is 5.17 Å². The molecule has 3 heterocycles. The molecule has 0 spiro atoms. The molecule has 182 valence electrons. The van der Waals surface area contributed by atoms with E-state index in [1.165, 1.54) is 11.8 Å². The van der Waals surface area contributed by atoms with Crippen molar-refractivity contribution in [3.63, 3.8) is 0 Å². The number of benzene rings is 1. The van der Waals surface area contributed by atoms with E-state index in [-0.39, 0.29) is 12.3 Å². The van der Waals surface area contributed by atoms with Crippen LogP contribution in [0.25, 0.3) is 0 Å². The summed E-state index contributed by atoms with van der Waals surface area (Å²) in [6.45, 7) is 9.84. The molecule has 2 aliphatic heterocycles. The van der Waals surface area contributed by atoms with Gasteiger partial charge < -0.3 is 15.0 Å². The third-order valence-corrected chi connectivity index (χ3v) is 6.45. The van der Waals surface area contributed by atoms with Crippen LogP contribution < -0.4 is 5.32 Å². The molecular weight excluding hydrogens is 460 g/mol. The molecule has 1 atom stereocenters. The summed E-state index contributed by atoms with van der Waals surface area (Å²) in [5.41, 5.74) is 4.27. The van der Waals surface area contributed by atoms with Crippen LogP contribution in [0, 0.1) is 6.92 Å². The van der Waals surface area contributed by atoms with Crippen molar-refractivity contribution in [1.82, 2.24) is 15.2 Å². The number of amides is 1. The molecular formula is C27H30N4O3S. The highest BCUT2D eigenvalue weighted by Crippen LogP contribution is 2.45. The summed E-state index contributed by atoms with van der Waals surface area (Å²) in [5.74, 6) is -0.509. The monoisotopic (exact) mass is 490 g/mol. The predicted molar refractivity (Wildman–Crippen MR) is 138 cm³/mol. The lowest BCUT2D eigenvalue weighted by molar-refractivity contribution is -0.150. The normalized spacial score (nSPS) is 17.5. The quantitative estimate of drug-likeness (QED) is 0.573. The van der Waals surface area contributed by atoms with Crippen LogP contribution in [0.15, 0.2) is 76.2 Å². The van der Waals surface area contributed by atoms with Crippen LogP contribution in [0.5, 0.6) is 0 Å². The number of esters is 1. The van der Waals surface area contributed by atoms with Crippen molar-refractivity contribution in [3.05, 3.63) is 87.9 Å². The number of hydrogen-bond donors (Lipinski definition) is 1. The molecule has 2 aliphatic rings. The fraction of sp³-hybridized carbons (Fsp3) is 0.333. The van der Waals surface area contributed by atoms with Gasteiger partial charge in [-0.1, -0.05) is 41.6 Å². The third kappa shape index (κ3) is 5.82. The van der Waals surface area contributed by atoms with E-state index in [4.69, 9.17) is 9.73 Å². The highest BCUT2D eigenvalue weighted by Gasteiger charge is 2.41. The molecule has 7 nitrogen and oxygen atoms in total. The minimum absolute atomic E-state index is 0.108. The Balaban J connectivity index is 1.63. The van der Waals surface area contributed by atoms with Crippen LogP contribution in [0.1, 0.15) is 56.8 Å². The Hall–Kier alpha value is -3.39. The second-order valence-corrected chi connectivity index (χ2v) is 10.5. The molecule has 0 fully saturated rings. The number of carbonyl (C=O) groups excluding carboxylic acids is 2. The molecule has 0 radical (unpaired) electrons. The van der Waals surface area contributed by atoms with Crippen molar-refractivity contribution in [1.29, 1.82) is 0 Å². The number of thioether (sulfide) groups is 1. The zero-order valence-corrected chi connectivity index (χ0v) is 21.5. The molecule has 35 heavy (non-hydrogen) atoms. The van der Waals surface area contributed by atoms with Crippen molar-refractivity contribution in [2.75, 3.05) is 0 Å². The number of pyridine rings is 1. The van der Waals surface area contributed by atoms with Crippen molar-refractivity contribution in [2.45, 2.75) is 59.2 Å². The molecule has 1 unspecified atom stereocenters. The number of allylic oxidation sites excluding steroid dienone is 1. The van der Waals surface area contributed by atoms with Gasteiger partial charge in [0.25, 0.3) is 0 Å². The summed E-state index contributed by atoms with van der Waals surface area (Å²) in [7, 11) is 0. The van der Waals surface area contributed by atoms with Crippen LogP contribution in [0.3, 0.4) is 0 Å². The van der Waals surface area contributed by atoms with Gasteiger partial charge in [0.1, 0.15) is 5.60 Å². The van der Waals surface area contributed by atoms with Crippen LogP contribution >= 0.6 is 11.8 Å². The number of nitrogens with zero attached hydrogens (tertiary/aromatic N) is 3. The summed E-state index contributed by atoms with van der Waals surface area (Å²) in [6.07, 6.45) is 3.57. The zero-order valence-electron chi connectivity index (χ0n) is 20.7. The molecule has 1 N–H and O–H groups in total. The second kappa shape index (κ2) is 10.1. The molecule has 1 amide bonds. The average Bonchev–Trinajstić information content (AvgIpc) is 3.18. The Morgan fingerprint density at radius 1 is 1.14 bits per heavy atom. The van der Waals surface area contributed by atoms with Crippen LogP contribution in [0.4, 0.5) is 0 Å². The van der Waals surface area contributed by atoms with Gasteiger partial charge in [-0.2, -0.15) is 0 Å². The van der Waals surface area contributed by atoms with Crippen LogP contribution in [0.2, 0.25) is 0 Å². The van der Waals surface area contributed by atoms with E-state index in [0.29, 0.717) is 17.8 Å². The van der Waals surface area contributed by atoms with E-state index >= 15 is 0 Å². The van der Waals surface area contributed by atoms with E-state index in [9.17, 15) is 9.59 Å². The van der Waals surface area contributed by atoms with Gasteiger partial charge in [-0.05, 0) is 63.3 Å². The molecule has 0 saturated carbocycles. The first-order valence-corrected chi connectivity index (χ1v) is 12.4. The lowest BCUT2D eigenvalue weighted by atomic mass is 9.92. The van der Waals surface area contributed by atoms with Gasteiger partial charge in [0.05, 0.1) is 23.7 Å². The van der Waals surface area contributed by atoms with Gasteiger partial charge in [-0.25, -0.2) is 9.79 Å². The van der Waals surface area contributed by atoms with Crippen molar-refractivity contribution < 1.29 is 14.3 Å². The van der Waals surface area contributed by atoms with E-state index in [1.54, 1.807) is 12.4 Å². The zero-order chi connectivity index (χ0) is 25.2. The number of aryl methyl sites for hydroxylation is 1. The molecule has 0 saturated heterocycles. The first-order chi connectivity index (χ1) is 16.6. The minimum Gasteiger partial charge on any atom is -0.456 e. The largest absolute Gasteiger partial charge is 0.456 e. The summed E-state index contributed by atoms with van der Waals surface area (Å²) < 4.78 is 5.78. The molecule has 1 aromatic carbocycles. The smallest absolute Gasteiger partial charge is 0.338 e. The Morgan fingerprint density at radius 2 is 1.89 bits per heavy atom. The van der Waals surface area contributed by atoms with E-state index < -0.39 is 17.6 Å². The maximum atomic E-state index is 13.4. The van der Waals surface area contributed by atoms with Crippen molar-refractivity contribution >= 4 is 28.8 Å². The van der Waals surface area contributed by atoms with Gasteiger partial charge in [-0.15, -0.1) is 0 Å². The van der Waals surface area contributed by atoms with Crippen molar-refractivity contribution in [2.24, 2.45) is 4.99 Å². The number of carbonyl (C=O) groups is 2. The highest BCUT2D eigenvalue weighted by molar-refractivity contribution is 8.16. The summed E-state index contributed by atoms with van der Waals surface area (Å²) in [4.78, 5) is 37.0. The number of aliphatic imine (C=N–C) groups is 1. The lowest BCUT2D eigenvalue weighted by Gasteiger charge is -2.37. The minimum atomic E-state index is -0.642. The first kappa shape index (κ1) is 24.7. The number of nitrogens with one attached hydrogen (secondary N) is 1. The molecule has 4 rings (SSSR count). The number of rotatable bonds is 6. The Morgan fingerprint density at radius 3 is 2.57 bits per heavy atom.